The van der Waals surface area contributed by atoms with Crippen LogP contribution in [0.5, 0.6) is 0 Å². The molecule has 23 heavy (non-hydrogen) atoms. The quantitative estimate of drug-likeness (QED) is 0.859. The van der Waals surface area contributed by atoms with E-state index in [1.807, 2.05) is 12.1 Å². The van der Waals surface area contributed by atoms with Gasteiger partial charge in [-0.05, 0) is 31.5 Å². The maximum absolute atomic E-state index is 12.2. The van der Waals surface area contributed by atoms with Crippen LogP contribution in [0, 0.1) is 0 Å². The Morgan fingerprint density at radius 3 is 3.04 bits per heavy atom. The lowest BCUT2D eigenvalue weighted by Crippen LogP contribution is -2.42. The van der Waals surface area contributed by atoms with Crippen LogP contribution in [-0.4, -0.2) is 52.5 Å². The van der Waals surface area contributed by atoms with E-state index in [1.165, 1.54) is 0 Å². The first-order valence-electron chi connectivity index (χ1n) is 7.58. The van der Waals surface area contributed by atoms with Gasteiger partial charge in [-0.25, -0.2) is 0 Å². The Morgan fingerprint density at radius 2 is 2.30 bits per heavy atom. The zero-order chi connectivity index (χ0) is 16.4. The number of aromatic nitrogens is 2. The summed E-state index contributed by atoms with van der Waals surface area (Å²) in [7, 11) is 3.56. The van der Waals surface area contributed by atoms with Gasteiger partial charge in [0.15, 0.2) is 0 Å². The van der Waals surface area contributed by atoms with Crippen LogP contribution < -0.4 is 0 Å². The number of likely N-dealkylation sites (N-methyl/N-ethyl adjacent to an activating group) is 1. The van der Waals surface area contributed by atoms with Crippen molar-refractivity contribution in [3.8, 4) is 11.4 Å². The van der Waals surface area contributed by atoms with Gasteiger partial charge in [0.25, 0.3) is 0 Å². The van der Waals surface area contributed by atoms with Gasteiger partial charge in [0.2, 0.25) is 17.6 Å². The molecule has 0 radical (unpaired) electrons. The molecule has 0 aliphatic carbocycles. The lowest BCUT2D eigenvalue weighted by atomic mass is 10.2. The topological polar surface area (TPSA) is 62.5 Å². The number of nitrogens with zero attached hydrogens (tertiary/aromatic N) is 4. The van der Waals surface area contributed by atoms with Gasteiger partial charge in [-0.2, -0.15) is 4.98 Å². The molecule has 2 aromatic rings. The van der Waals surface area contributed by atoms with Gasteiger partial charge in [-0.15, -0.1) is 0 Å². The number of amides is 1. The van der Waals surface area contributed by atoms with Crippen molar-refractivity contribution in [1.82, 2.24) is 19.9 Å². The Hall–Kier alpha value is -1.92. The van der Waals surface area contributed by atoms with Crippen molar-refractivity contribution < 1.29 is 9.32 Å². The van der Waals surface area contributed by atoms with Gasteiger partial charge in [0.1, 0.15) is 0 Å². The minimum atomic E-state index is -0.105. The van der Waals surface area contributed by atoms with Crippen LogP contribution in [0.25, 0.3) is 11.4 Å². The number of halogens is 1. The van der Waals surface area contributed by atoms with E-state index in [1.54, 1.807) is 31.1 Å². The Balaban J connectivity index is 1.73. The Morgan fingerprint density at radius 1 is 1.48 bits per heavy atom. The zero-order valence-electron chi connectivity index (χ0n) is 13.2. The third kappa shape index (κ3) is 3.54. The van der Waals surface area contributed by atoms with E-state index >= 15 is 0 Å². The molecule has 2 heterocycles. The van der Waals surface area contributed by atoms with Crippen molar-refractivity contribution in [2.75, 3.05) is 20.6 Å². The summed E-state index contributed by atoms with van der Waals surface area (Å²) in [6.45, 7) is 1.34. The van der Waals surface area contributed by atoms with Crippen molar-refractivity contribution in [3.63, 3.8) is 0 Å². The second kappa shape index (κ2) is 6.68. The molecule has 122 valence electrons. The lowest BCUT2D eigenvalue weighted by molar-refractivity contribution is -0.133. The van der Waals surface area contributed by atoms with E-state index in [4.69, 9.17) is 16.1 Å². The number of hydrogen-bond donors (Lipinski definition) is 0. The fraction of sp³-hybridized carbons (Fsp3) is 0.438. The summed E-state index contributed by atoms with van der Waals surface area (Å²) >= 11 is 5.99. The maximum Gasteiger partial charge on any atom is 0.241 e. The van der Waals surface area contributed by atoms with Crippen molar-refractivity contribution in [3.05, 3.63) is 35.2 Å². The zero-order valence-corrected chi connectivity index (χ0v) is 14.0. The number of carbonyl (C=O) groups is 1. The van der Waals surface area contributed by atoms with Gasteiger partial charge in [-0.3, -0.25) is 9.69 Å². The molecule has 7 heteroatoms. The molecule has 1 atom stereocenters. The monoisotopic (exact) mass is 334 g/mol. The van der Waals surface area contributed by atoms with Gasteiger partial charge >= 0.3 is 0 Å². The average Bonchev–Trinajstić information content (AvgIpc) is 3.16. The van der Waals surface area contributed by atoms with Crippen LogP contribution in [0.4, 0.5) is 0 Å². The number of hydrogen-bond acceptors (Lipinski definition) is 5. The Bertz CT molecular complexity index is 701. The van der Waals surface area contributed by atoms with E-state index in [9.17, 15) is 4.79 Å². The normalized spacial score (nSPS) is 18.3. The fourth-order valence-corrected chi connectivity index (χ4v) is 3.02. The van der Waals surface area contributed by atoms with E-state index in [0.717, 1.165) is 24.9 Å². The van der Waals surface area contributed by atoms with E-state index in [0.29, 0.717) is 23.3 Å². The minimum absolute atomic E-state index is 0.105. The second-order valence-electron chi connectivity index (χ2n) is 5.88. The Kier molecular flexibility index (Phi) is 4.63. The van der Waals surface area contributed by atoms with Crippen molar-refractivity contribution in [2.24, 2.45) is 0 Å². The smallest absolute Gasteiger partial charge is 0.241 e. The van der Waals surface area contributed by atoms with Crippen LogP contribution in [0.1, 0.15) is 18.7 Å². The molecule has 6 nitrogen and oxygen atoms in total. The summed E-state index contributed by atoms with van der Waals surface area (Å²) in [4.78, 5) is 20.4. The molecule has 0 N–H and O–H groups in total. The largest absolute Gasteiger partial charge is 0.347 e. The highest BCUT2D eigenvalue weighted by atomic mass is 35.5. The molecule has 1 aromatic carbocycles. The van der Waals surface area contributed by atoms with Gasteiger partial charge in [0, 0.05) is 24.7 Å². The van der Waals surface area contributed by atoms with Crippen LogP contribution in [0.3, 0.4) is 0 Å². The summed E-state index contributed by atoms with van der Waals surface area (Å²) in [5.41, 5.74) is 0.815. The molecule has 1 unspecified atom stereocenters. The van der Waals surface area contributed by atoms with Gasteiger partial charge < -0.3 is 9.42 Å². The number of likely N-dealkylation sites (tertiary alicyclic amines) is 1. The predicted molar refractivity (Wildman–Crippen MR) is 86.9 cm³/mol. The third-order valence-corrected chi connectivity index (χ3v) is 4.21. The first-order valence-corrected chi connectivity index (χ1v) is 7.96. The SMILES string of the molecule is CN(C)C(=O)C1CCCN1Cc1nc(-c2cccc(Cl)c2)no1. The number of carbonyl (C=O) groups excluding carboxylic acids is 1. The highest BCUT2D eigenvalue weighted by molar-refractivity contribution is 6.30. The standard InChI is InChI=1S/C16H19ClN4O2/c1-20(2)16(22)13-7-4-8-21(13)10-14-18-15(19-23-14)11-5-3-6-12(17)9-11/h3,5-6,9,13H,4,7-8,10H2,1-2H3. The van der Waals surface area contributed by atoms with Gasteiger partial charge in [-0.1, -0.05) is 28.9 Å². The van der Waals surface area contributed by atoms with Crippen LogP contribution in [0.2, 0.25) is 5.02 Å². The minimum Gasteiger partial charge on any atom is -0.347 e. The number of benzene rings is 1. The predicted octanol–water partition coefficient (Wildman–Crippen LogP) is 2.44. The molecule has 1 amide bonds. The summed E-state index contributed by atoms with van der Waals surface area (Å²) in [6.07, 6.45) is 1.87. The highest BCUT2D eigenvalue weighted by Crippen LogP contribution is 2.23. The molecule has 1 aliphatic rings. The molecule has 1 aromatic heterocycles. The fourth-order valence-electron chi connectivity index (χ4n) is 2.83. The van der Waals surface area contributed by atoms with E-state index in [2.05, 4.69) is 15.0 Å². The van der Waals surface area contributed by atoms with Crippen molar-refractivity contribution in [1.29, 1.82) is 0 Å². The molecule has 1 saturated heterocycles. The molecule has 1 aliphatic heterocycles. The molecular formula is C16H19ClN4O2. The molecule has 0 saturated carbocycles. The summed E-state index contributed by atoms with van der Waals surface area (Å²) in [5.74, 6) is 1.15. The lowest BCUT2D eigenvalue weighted by Gasteiger charge is -2.24. The molecule has 0 spiro atoms. The summed E-state index contributed by atoms with van der Waals surface area (Å²) in [6, 6.07) is 7.22. The van der Waals surface area contributed by atoms with Crippen LogP contribution in [-0.2, 0) is 11.3 Å². The first-order chi connectivity index (χ1) is 11.0. The molecule has 3 rings (SSSR count). The Labute approximate surface area is 140 Å². The van der Waals surface area contributed by atoms with Crippen LogP contribution in [0.15, 0.2) is 28.8 Å². The van der Waals surface area contributed by atoms with Gasteiger partial charge in [0.05, 0.1) is 12.6 Å². The maximum atomic E-state index is 12.2. The average molecular weight is 335 g/mol. The van der Waals surface area contributed by atoms with E-state index in [-0.39, 0.29) is 11.9 Å². The molecular weight excluding hydrogens is 316 g/mol. The summed E-state index contributed by atoms with van der Waals surface area (Å²) < 4.78 is 5.34. The third-order valence-electron chi connectivity index (χ3n) is 3.98. The van der Waals surface area contributed by atoms with Crippen molar-refractivity contribution >= 4 is 17.5 Å². The van der Waals surface area contributed by atoms with E-state index < -0.39 is 0 Å². The van der Waals surface area contributed by atoms with Crippen molar-refractivity contribution in [2.45, 2.75) is 25.4 Å². The number of rotatable bonds is 4. The second-order valence-corrected chi connectivity index (χ2v) is 6.32. The molecule has 1 fully saturated rings. The summed E-state index contributed by atoms with van der Waals surface area (Å²) in [5, 5.41) is 4.64. The highest BCUT2D eigenvalue weighted by Gasteiger charge is 2.32. The molecule has 0 bridgehead atoms. The van der Waals surface area contributed by atoms with Crippen LogP contribution >= 0.6 is 11.6 Å². The first kappa shape index (κ1) is 16.0.